The van der Waals surface area contributed by atoms with E-state index in [9.17, 15) is 8.78 Å². The molecule has 0 spiro atoms. The molecule has 1 saturated heterocycles. The smallest absolute Gasteiger partial charge is 0.141 e. The Balaban J connectivity index is 1.39. The molecule has 30 heavy (non-hydrogen) atoms. The Hall–Kier alpha value is -2.90. The molecule has 0 bridgehead atoms. The van der Waals surface area contributed by atoms with Gasteiger partial charge in [0.25, 0.3) is 0 Å². The van der Waals surface area contributed by atoms with Gasteiger partial charge in [0.2, 0.25) is 0 Å². The SMILES string of the molecule is Fc1ccc(-c2csc3ncnc(N4CCN(Cc5ccccc5F)CC4)c23)cc1. The highest BCUT2D eigenvalue weighted by molar-refractivity contribution is 7.17. The summed E-state index contributed by atoms with van der Waals surface area (Å²) in [6.07, 6.45) is 1.61. The second-order valence-corrected chi connectivity index (χ2v) is 8.25. The van der Waals surface area contributed by atoms with Crippen molar-refractivity contribution in [3.05, 3.63) is 77.4 Å². The number of nitrogens with zero attached hydrogens (tertiary/aromatic N) is 4. The molecular formula is C23H20F2N4S. The average Bonchev–Trinajstić information content (AvgIpc) is 3.21. The summed E-state index contributed by atoms with van der Waals surface area (Å²) >= 11 is 1.57. The van der Waals surface area contributed by atoms with E-state index in [0.29, 0.717) is 6.54 Å². The Morgan fingerprint density at radius 3 is 2.43 bits per heavy atom. The maximum Gasteiger partial charge on any atom is 0.141 e. The van der Waals surface area contributed by atoms with Gasteiger partial charge in [-0.25, -0.2) is 18.7 Å². The zero-order valence-electron chi connectivity index (χ0n) is 16.3. The van der Waals surface area contributed by atoms with Crippen molar-refractivity contribution in [1.29, 1.82) is 0 Å². The standard InChI is InChI=1S/C23H20F2N4S/c24-18-7-5-16(6-8-18)19-14-30-23-21(19)22(26-15-27-23)29-11-9-28(10-12-29)13-17-3-1-2-4-20(17)25/h1-8,14-15H,9-13H2. The normalized spacial score (nSPS) is 15.1. The average molecular weight is 423 g/mol. The van der Waals surface area contributed by atoms with E-state index in [2.05, 4.69) is 25.1 Å². The van der Waals surface area contributed by atoms with Gasteiger partial charge in [0.05, 0.1) is 5.39 Å². The van der Waals surface area contributed by atoms with Gasteiger partial charge in [0, 0.05) is 49.2 Å². The molecule has 1 aliphatic rings. The van der Waals surface area contributed by atoms with Gasteiger partial charge in [-0.3, -0.25) is 4.90 Å². The Labute approximate surface area is 177 Å². The number of hydrogen-bond donors (Lipinski definition) is 0. The van der Waals surface area contributed by atoms with E-state index in [4.69, 9.17) is 0 Å². The van der Waals surface area contributed by atoms with Crippen LogP contribution in [0, 0.1) is 11.6 Å². The molecule has 0 aliphatic carbocycles. The summed E-state index contributed by atoms with van der Waals surface area (Å²) in [7, 11) is 0. The van der Waals surface area contributed by atoms with Gasteiger partial charge in [-0.05, 0) is 23.8 Å². The van der Waals surface area contributed by atoms with Gasteiger partial charge >= 0.3 is 0 Å². The molecule has 0 radical (unpaired) electrons. The predicted octanol–water partition coefficient (Wildman–Crippen LogP) is 4.96. The number of fused-ring (bicyclic) bond motifs is 1. The zero-order chi connectivity index (χ0) is 20.5. The van der Waals surface area contributed by atoms with Crippen LogP contribution in [-0.4, -0.2) is 41.0 Å². The third kappa shape index (κ3) is 3.66. The number of hydrogen-bond acceptors (Lipinski definition) is 5. The molecule has 2 aromatic carbocycles. The summed E-state index contributed by atoms with van der Waals surface area (Å²) in [5.74, 6) is 0.506. The van der Waals surface area contributed by atoms with E-state index in [1.54, 1.807) is 35.9 Å². The fourth-order valence-corrected chi connectivity index (χ4v) is 4.84. The van der Waals surface area contributed by atoms with Gasteiger partial charge in [-0.2, -0.15) is 0 Å². The van der Waals surface area contributed by atoms with Gasteiger partial charge in [-0.1, -0.05) is 30.3 Å². The molecule has 7 heteroatoms. The summed E-state index contributed by atoms with van der Waals surface area (Å²) in [6, 6.07) is 13.5. The summed E-state index contributed by atoms with van der Waals surface area (Å²) in [5, 5.41) is 3.07. The van der Waals surface area contributed by atoms with Crippen molar-refractivity contribution in [2.75, 3.05) is 31.1 Å². The summed E-state index contributed by atoms with van der Waals surface area (Å²) < 4.78 is 27.4. The minimum absolute atomic E-state index is 0.153. The predicted molar refractivity (Wildman–Crippen MR) is 117 cm³/mol. The lowest BCUT2D eigenvalue weighted by atomic mass is 10.1. The molecule has 0 saturated carbocycles. The monoisotopic (exact) mass is 422 g/mol. The first-order chi connectivity index (χ1) is 14.7. The number of halogens is 2. The molecule has 0 N–H and O–H groups in total. The minimum Gasteiger partial charge on any atom is -0.353 e. The zero-order valence-corrected chi connectivity index (χ0v) is 17.1. The molecule has 0 atom stereocenters. The maximum absolute atomic E-state index is 14.0. The summed E-state index contributed by atoms with van der Waals surface area (Å²) in [5.41, 5.74) is 2.71. The largest absolute Gasteiger partial charge is 0.353 e. The van der Waals surface area contributed by atoms with E-state index in [1.807, 2.05) is 12.1 Å². The maximum atomic E-state index is 14.0. The van der Waals surface area contributed by atoms with Crippen LogP contribution in [0.1, 0.15) is 5.56 Å². The van der Waals surface area contributed by atoms with Crippen LogP contribution in [0.5, 0.6) is 0 Å². The van der Waals surface area contributed by atoms with Crippen molar-refractivity contribution < 1.29 is 8.78 Å². The van der Waals surface area contributed by atoms with Crippen LogP contribution in [0.4, 0.5) is 14.6 Å². The number of piperazine rings is 1. The Morgan fingerprint density at radius 2 is 1.67 bits per heavy atom. The van der Waals surface area contributed by atoms with Crippen molar-refractivity contribution >= 4 is 27.4 Å². The van der Waals surface area contributed by atoms with Crippen LogP contribution in [0.3, 0.4) is 0 Å². The highest BCUT2D eigenvalue weighted by Gasteiger charge is 2.23. The van der Waals surface area contributed by atoms with Crippen LogP contribution < -0.4 is 4.90 Å². The topological polar surface area (TPSA) is 32.3 Å². The van der Waals surface area contributed by atoms with Crippen LogP contribution in [-0.2, 0) is 6.54 Å². The van der Waals surface area contributed by atoms with Crippen molar-refractivity contribution in [3.63, 3.8) is 0 Å². The minimum atomic E-state index is -0.249. The van der Waals surface area contributed by atoms with Gasteiger partial charge in [-0.15, -0.1) is 11.3 Å². The Morgan fingerprint density at radius 1 is 0.900 bits per heavy atom. The van der Waals surface area contributed by atoms with E-state index < -0.39 is 0 Å². The second-order valence-electron chi connectivity index (χ2n) is 7.39. The lowest BCUT2D eigenvalue weighted by Crippen LogP contribution is -2.46. The fraction of sp³-hybridized carbons (Fsp3) is 0.217. The highest BCUT2D eigenvalue weighted by Crippen LogP contribution is 2.38. The number of aromatic nitrogens is 2. The molecule has 0 unspecified atom stereocenters. The van der Waals surface area contributed by atoms with E-state index >= 15 is 0 Å². The van der Waals surface area contributed by atoms with Gasteiger partial charge < -0.3 is 4.90 Å². The van der Waals surface area contributed by atoms with Crippen LogP contribution in [0.15, 0.2) is 60.2 Å². The summed E-state index contributed by atoms with van der Waals surface area (Å²) in [6.45, 7) is 3.88. The van der Waals surface area contributed by atoms with Gasteiger partial charge in [0.1, 0.15) is 28.6 Å². The second kappa shape index (κ2) is 8.08. The van der Waals surface area contributed by atoms with Crippen LogP contribution in [0.2, 0.25) is 0 Å². The number of thiophene rings is 1. The first-order valence-electron chi connectivity index (χ1n) is 9.88. The van der Waals surface area contributed by atoms with E-state index in [1.165, 1.54) is 18.2 Å². The Kier molecular flexibility index (Phi) is 5.14. The Bertz CT molecular complexity index is 1170. The number of anilines is 1. The van der Waals surface area contributed by atoms with Gasteiger partial charge in [0.15, 0.2) is 0 Å². The molecule has 5 rings (SSSR count). The molecule has 4 nitrogen and oxygen atoms in total. The molecular weight excluding hydrogens is 402 g/mol. The third-order valence-corrected chi connectivity index (χ3v) is 6.42. The van der Waals surface area contributed by atoms with Crippen LogP contribution in [0.25, 0.3) is 21.3 Å². The molecule has 152 valence electrons. The van der Waals surface area contributed by atoms with Crippen LogP contribution >= 0.6 is 11.3 Å². The number of benzene rings is 2. The fourth-order valence-electron chi connectivity index (χ4n) is 3.93. The lowest BCUT2D eigenvalue weighted by Gasteiger charge is -2.35. The summed E-state index contributed by atoms with van der Waals surface area (Å²) in [4.78, 5) is 14.5. The molecule has 2 aromatic heterocycles. The lowest BCUT2D eigenvalue weighted by molar-refractivity contribution is 0.246. The molecule has 1 aliphatic heterocycles. The van der Waals surface area contributed by atoms with Crippen molar-refractivity contribution in [2.24, 2.45) is 0 Å². The van der Waals surface area contributed by atoms with E-state index in [-0.39, 0.29) is 11.6 Å². The van der Waals surface area contributed by atoms with E-state index in [0.717, 1.165) is 58.9 Å². The highest BCUT2D eigenvalue weighted by atomic mass is 32.1. The third-order valence-electron chi connectivity index (χ3n) is 5.53. The van der Waals surface area contributed by atoms with Crippen molar-refractivity contribution in [1.82, 2.24) is 14.9 Å². The molecule has 0 amide bonds. The van der Waals surface area contributed by atoms with Crippen molar-refractivity contribution in [3.8, 4) is 11.1 Å². The molecule has 4 aromatic rings. The quantitative estimate of drug-likeness (QED) is 0.465. The van der Waals surface area contributed by atoms with Crippen molar-refractivity contribution in [2.45, 2.75) is 6.54 Å². The first-order valence-corrected chi connectivity index (χ1v) is 10.8. The molecule has 3 heterocycles. The molecule has 1 fully saturated rings. The number of rotatable bonds is 4. The first kappa shape index (κ1) is 19.1.